The van der Waals surface area contributed by atoms with Gasteiger partial charge < -0.3 is 10.2 Å². The van der Waals surface area contributed by atoms with Crippen LogP contribution < -0.4 is 5.32 Å². The predicted molar refractivity (Wildman–Crippen MR) is 88.8 cm³/mol. The zero-order valence-electron chi connectivity index (χ0n) is 12.2. The lowest BCUT2D eigenvalue weighted by Crippen LogP contribution is -2.40. The van der Waals surface area contributed by atoms with Crippen molar-refractivity contribution in [3.05, 3.63) is 57.2 Å². The minimum Gasteiger partial charge on any atom is -0.331 e. The van der Waals surface area contributed by atoms with Crippen LogP contribution in [-0.2, 0) is 6.54 Å². The summed E-state index contributed by atoms with van der Waals surface area (Å²) < 4.78 is 0. The highest BCUT2D eigenvalue weighted by Crippen LogP contribution is 2.18. The summed E-state index contributed by atoms with van der Waals surface area (Å²) in [6.07, 6.45) is 0. The molecule has 5 heteroatoms. The van der Waals surface area contributed by atoms with Gasteiger partial charge >= 0.3 is 6.03 Å². The van der Waals surface area contributed by atoms with Gasteiger partial charge in [0.05, 0.1) is 12.6 Å². The third kappa shape index (κ3) is 4.48. The van der Waals surface area contributed by atoms with Crippen molar-refractivity contribution in [1.29, 1.82) is 0 Å². The molecule has 2 rings (SSSR count). The molecule has 1 heterocycles. The van der Waals surface area contributed by atoms with Gasteiger partial charge in [-0.25, -0.2) is 4.79 Å². The number of hydrogen-bond donors (Lipinski definition) is 1. The lowest BCUT2D eigenvalue weighted by Gasteiger charge is -2.23. The van der Waals surface area contributed by atoms with Gasteiger partial charge in [-0.05, 0) is 43.0 Å². The van der Waals surface area contributed by atoms with E-state index in [-0.39, 0.29) is 12.1 Å². The van der Waals surface area contributed by atoms with Crippen LogP contribution in [0, 0.1) is 0 Å². The molecule has 0 saturated carbocycles. The van der Waals surface area contributed by atoms with E-state index in [0.717, 1.165) is 5.56 Å². The minimum atomic E-state index is -0.0754. The van der Waals surface area contributed by atoms with E-state index in [4.69, 9.17) is 11.6 Å². The SMILES string of the molecule is CCN(Cc1cccs1)C(=O)NC(C)c1cccc(Cl)c1. The fourth-order valence-corrected chi connectivity index (χ4v) is 2.97. The van der Waals surface area contributed by atoms with Crippen molar-refractivity contribution in [1.82, 2.24) is 10.2 Å². The second-order valence-electron chi connectivity index (χ2n) is 4.82. The summed E-state index contributed by atoms with van der Waals surface area (Å²) in [4.78, 5) is 15.3. The highest BCUT2D eigenvalue weighted by molar-refractivity contribution is 7.09. The first-order chi connectivity index (χ1) is 10.1. The van der Waals surface area contributed by atoms with Gasteiger partial charge in [0.15, 0.2) is 0 Å². The van der Waals surface area contributed by atoms with Crippen molar-refractivity contribution >= 4 is 29.0 Å². The topological polar surface area (TPSA) is 32.3 Å². The molecule has 1 aromatic heterocycles. The molecule has 21 heavy (non-hydrogen) atoms. The second-order valence-corrected chi connectivity index (χ2v) is 6.29. The smallest absolute Gasteiger partial charge is 0.318 e. The second kappa shape index (κ2) is 7.48. The number of carbonyl (C=O) groups is 1. The Morgan fingerprint density at radius 2 is 2.19 bits per heavy atom. The van der Waals surface area contributed by atoms with Gasteiger partial charge in [-0.15, -0.1) is 11.3 Å². The van der Waals surface area contributed by atoms with E-state index < -0.39 is 0 Å². The molecule has 0 fully saturated rings. The molecule has 1 N–H and O–H groups in total. The summed E-state index contributed by atoms with van der Waals surface area (Å²) in [5.41, 5.74) is 1.00. The number of rotatable bonds is 5. The van der Waals surface area contributed by atoms with Crippen LogP contribution in [0.5, 0.6) is 0 Å². The minimum absolute atomic E-state index is 0.0571. The summed E-state index contributed by atoms with van der Waals surface area (Å²) in [7, 11) is 0. The van der Waals surface area contributed by atoms with Gasteiger partial charge in [0.25, 0.3) is 0 Å². The molecule has 0 aliphatic carbocycles. The van der Waals surface area contributed by atoms with Crippen molar-refractivity contribution in [2.45, 2.75) is 26.4 Å². The lowest BCUT2D eigenvalue weighted by molar-refractivity contribution is 0.195. The molecule has 0 spiro atoms. The maximum Gasteiger partial charge on any atom is 0.318 e. The highest BCUT2D eigenvalue weighted by Gasteiger charge is 2.16. The Balaban J connectivity index is 1.98. The quantitative estimate of drug-likeness (QED) is 0.850. The summed E-state index contributed by atoms with van der Waals surface area (Å²) in [6.45, 7) is 5.26. The third-order valence-electron chi connectivity index (χ3n) is 3.28. The largest absolute Gasteiger partial charge is 0.331 e. The molecule has 0 aliphatic heterocycles. The molecule has 2 amide bonds. The van der Waals surface area contributed by atoms with E-state index in [9.17, 15) is 4.79 Å². The maximum atomic E-state index is 12.4. The maximum absolute atomic E-state index is 12.4. The fourth-order valence-electron chi connectivity index (χ4n) is 2.05. The van der Waals surface area contributed by atoms with Gasteiger partial charge in [-0.1, -0.05) is 29.8 Å². The Bertz CT molecular complexity index is 586. The Labute approximate surface area is 134 Å². The number of carbonyl (C=O) groups excluding carboxylic acids is 1. The zero-order chi connectivity index (χ0) is 15.2. The molecule has 3 nitrogen and oxygen atoms in total. The zero-order valence-corrected chi connectivity index (χ0v) is 13.7. The van der Waals surface area contributed by atoms with Gasteiger partial charge in [0.2, 0.25) is 0 Å². The monoisotopic (exact) mass is 322 g/mol. The van der Waals surface area contributed by atoms with Gasteiger partial charge in [0.1, 0.15) is 0 Å². The van der Waals surface area contributed by atoms with Crippen LogP contribution in [0.3, 0.4) is 0 Å². The average molecular weight is 323 g/mol. The summed E-state index contributed by atoms with van der Waals surface area (Å²) in [5.74, 6) is 0. The van der Waals surface area contributed by atoms with Crippen molar-refractivity contribution in [2.75, 3.05) is 6.54 Å². The van der Waals surface area contributed by atoms with Crippen LogP contribution in [0.2, 0.25) is 5.02 Å². The molecule has 1 unspecified atom stereocenters. The Morgan fingerprint density at radius 3 is 2.81 bits per heavy atom. The van der Waals surface area contributed by atoms with E-state index in [1.807, 2.05) is 55.6 Å². The number of amides is 2. The van der Waals surface area contributed by atoms with Crippen LogP contribution in [0.1, 0.15) is 30.3 Å². The fraction of sp³-hybridized carbons (Fsp3) is 0.312. The van der Waals surface area contributed by atoms with Crippen LogP contribution in [-0.4, -0.2) is 17.5 Å². The van der Waals surface area contributed by atoms with E-state index in [1.165, 1.54) is 4.88 Å². The van der Waals surface area contributed by atoms with Crippen LogP contribution in [0.4, 0.5) is 4.79 Å². The van der Waals surface area contributed by atoms with E-state index in [2.05, 4.69) is 5.32 Å². The van der Waals surface area contributed by atoms with Gasteiger partial charge in [0, 0.05) is 16.4 Å². The normalized spacial score (nSPS) is 12.0. The van der Waals surface area contributed by atoms with Gasteiger partial charge in [-0.2, -0.15) is 0 Å². The first-order valence-electron chi connectivity index (χ1n) is 6.93. The summed E-state index contributed by atoms with van der Waals surface area (Å²) in [5, 5.41) is 5.72. The predicted octanol–water partition coefficient (Wildman–Crippen LogP) is 4.69. The molecule has 0 saturated heterocycles. The molecular weight excluding hydrogens is 304 g/mol. The Morgan fingerprint density at radius 1 is 1.38 bits per heavy atom. The molecule has 1 atom stereocenters. The number of nitrogens with zero attached hydrogens (tertiary/aromatic N) is 1. The number of thiophene rings is 1. The van der Waals surface area contributed by atoms with Crippen molar-refractivity contribution < 1.29 is 4.79 Å². The molecule has 112 valence electrons. The van der Waals surface area contributed by atoms with Crippen LogP contribution in [0.15, 0.2) is 41.8 Å². The first-order valence-corrected chi connectivity index (χ1v) is 8.19. The Hall–Kier alpha value is -1.52. The van der Waals surface area contributed by atoms with Crippen molar-refractivity contribution in [3.63, 3.8) is 0 Å². The first kappa shape index (κ1) is 15.9. The number of urea groups is 1. The van der Waals surface area contributed by atoms with E-state index >= 15 is 0 Å². The number of nitrogens with one attached hydrogen (secondary N) is 1. The highest BCUT2D eigenvalue weighted by atomic mass is 35.5. The number of benzene rings is 1. The number of halogens is 1. The Kier molecular flexibility index (Phi) is 5.65. The van der Waals surface area contributed by atoms with E-state index in [1.54, 1.807) is 16.2 Å². The summed E-state index contributed by atoms with van der Waals surface area (Å²) in [6, 6.07) is 11.5. The molecule has 0 radical (unpaired) electrons. The molecule has 0 aliphatic rings. The van der Waals surface area contributed by atoms with Crippen molar-refractivity contribution in [3.8, 4) is 0 Å². The van der Waals surface area contributed by atoms with Crippen LogP contribution >= 0.6 is 22.9 Å². The van der Waals surface area contributed by atoms with E-state index in [0.29, 0.717) is 18.1 Å². The van der Waals surface area contributed by atoms with Gasteiger partial charge in [-0.3, -0.25) is 0 Å². The molecule has 1 aromatic carbocycles. The average Bonchev–Trinajstić information content (AvgIpc) is 2.97. The van der Waals surface area contributed by atoms with Crippen LogP contribution in [0.25, 0.3) is 0 Å². The standard InChI is InChI=1S/C16H19ClN2OS/c1-3-19(11-15-8-5-9-21-15)16(20)18-12(2)13-6-4-7-14(17)10-13/h4-10,12H,3,11H2,1-2H3,(H,18,20). The van der Waals surface area contributed by atoms with Crippen molar-refractivity contribution in [2.24, 2.45) is 0 Å². The molecule has 2 aromatic rings. The molecule has 0 bridgehead atoms. The third-order valence-corrected chi connectivity index (χ3v) is 4.38. The summed E-state index contributed by atoms with van der Waals surface area (Å²) >= 11 is 7.65. The number of hydrogen-bond acceptors (Lipinski definition) is 2. The molecular formula is C16H19ClN2OS. The lowest BCUT2D eigenvalue weighted by atomic mass is 10.1.